The molecule has 1 aliphatic heterocycles. The minimum atomic E-state index is -1.19. The van der Waals surface area contributed by atoms with Crippen molar-refractivity contribution in [3.8, 4) is 5.75 Å². The third-order valence-electron chi connectivity index (χ3n) is 9.39. The fourth-order valence-corrected chi connectivity index (χ4v) is 7.94. The maximum absolute atomic E-state index is 15.3. The first-order valence-electron chi connectivity index (χ1n) is 12.9. The SMILES string of the molecule is CC1C(C(=O)O)NC(C(=O)c2cc(C3CC3)c(OCC34CC5CC(CC(C5)C3)C4)cc2F)C1O. The number of aliphatic carboxylic acids is 1. The number of carboxylic acid groups (broad SMARTS) is 1. The summed E-state index contributed by atoms with van der Waals surface area (Å²) in [7, 11) is 0. The summed E-state index contributed by atoms with van der Waals surface area (Å²) < 4.78 is 21.6. The minimum Gasteiger partial charge on any atom is -0.493 e. The van der Waals surface area contributed by atoms with E-state index in [1.54, 1.807) is 13.0 Å². The van der Waals surface area contributed by atoms with Crippen LogP contribution in [0.3, 0.4) is 0 Å². The number of aliphatic hydroxyl groups excluding tert-OH is 1. The quantitative estimate of drug-likeness (QED) is 0.522. The zero-order valence-electron chi connectivity index (χ0n) is 19.6. The number of Topliss-reactive ketones (excluding diaryl/α,β-unsaturated/α-hetero) is 1. The molecule has 4 unspecified atom stereocenters. The van der Waals surface area contributed by atoms with Crippen molar-refractivity contribution in [2.24, 2.45) is 29.1 Å². The van der Waals surface area contributed by atoms with E-state index in [2.05, 4.69) is 5.32 Å². The van der Waals surface area contributed by atoms with Crippen LogP contribution in [0, 0.1) is 34.9 Å². The van der Waals surface area contributed by atoms with Crippen LogP contribution in [0.4, 0.5) is 4.39 Å². The van der Waals surface area contributed by atoms with Crippen molar-refractivity contribution < 1.29 is 28.9 Å². The molecule has 4 bridgehead atoms. The van der Waals surface area contributed by atoms with Crippen molar-refractivity contribution in [2.75, 3.05) is 6.61 Å². The van der Waals surface area contributed by atoms with Gasteiger partial charge in [0.25, 0.3) is 0 Å². The number of ketones is 1. The largest absolute Gasteiger partial charge is 0.493 e. The van der Waals surface area contributed by atoms with Crippen molar-refractivity contribution in [2.45, 2.75) is 82.4 Å². The zero-order chi connectivity index (χ0) is 23.8. The van der Waals surface area contributed by atoms with Gasteiger partial charge >= 0.3 is 5.97 Å². The lowest BCUT2D eigenvalue weighted by Gasteiger charge is -2.56. The minimum absolute atomic E-state index is 0.0983. The maximum atomic E-state index is 15.3. The number of carboxylic acids is 1. The third kappa shape index (κ3) is 3.76. The average molecular weight is 472 g/mol. The van der Waals surface area contributed by atoms with Crippen LogP contribution in [0.1, 0.15) is 80.1 Å². The number of rotatable bonds is 7. The summed E-state index contributed by atoms with van der Waals surface area (Å²) >= 11 is 0. The number of benzene rings is 1. The van der Waals surface area contributed by atoms with Crippen molar-refractivity contribution in [1.82, 2.24) is 5.32 Å². The van der Waals surface area contributed by atoms with Crippen LogP contribution in [-0.2, 0) is 4.79 Å². The molecule has 1 aromatic rings. The normalized spacial score (nSPS) is 40.5. The first kappa shape index (κ1) is 22.5. The number of carbonyl (C=O) groups excluding carboxylic acids is 1. The molecule has 0 spiro atoms. The van der Waals surface area contributed by atoms with E-state index < -0.39 is 41.7 Å². The number of hydrogen-bond acceptors (Lipinski definition) is 5. The molecule has 5 aliphatic carbocycles. The lowest BCUT2D eigenvalue weighted by Crippen LogP contribution is -2.48. The highest BCUT2D eigenvalue weighted by atomic mass is 19.1. The number of hydrogen-bond donors (Lipinski definition) is 3. The summed E-state index contributed by atoms with van der Waals surface area (Å²) in [6.07, 6.45) is 8.50. The Kier molecular flexibility index (Phi) is 5.30. The van der Waals surface area contributed by atoms with Crippen molar-refractivity contribution in [1.29, 1.82) is 0 Å². The van der Waals surface area contributed by atoms with Gasteiger partial charge in [-0.3, -0.25) is 14.9 Å². The second-order valence-corrected chi connectivity index (χ2v) is 12.0. The molecular formula is C27H34FNO5. The Morgan fingerprint density at radius 3 is 2.24 bits per heavy atom. The van der Waals surface area contributed by atoms with Crippen LogP contribution in [0.5, 0.6) is 5.75 Å². The molecular weight excluding hydrogens is 437 g/mol. The second kappa shape index (κ2) is 8.02. The number of aliphatic hydroxyl groups is 1. The van der Waals surface area contributed by atoms with Gasteiger partial charge in [0, 0.05) is 17.4 Å². The monoisotopic (exact) mass is 471 g/mol. The number of nitrogens with one attached hydrogen (secondary N) is 1. The van der Waals surface area contributed by atoms with Gasteiger partial charge in [0.05, 0.1) is 24.3 Å². The van der Waals surface area contributed by atoms with Crippen LogP contribution < -0.4 is 10.1 Å². The Morgan fingerprint density at radius 1 is 1.09 bits per heavy atom. The lowest BCUT2D eigenvalue weighted by atomic mass is 9.50. The van der Waals surface area contributed by atoms with Crippen LogP contribution in [0.25, 0.3) is 0 Å². The highest BCUT2D eigenvalue weighted by molar-refractivity contribution is 6.02. The maximum Gasteiger partial charge on any atom is 0.321 e. The molecule has 7 rings (SSSR count). The molecule has 5 saturated carbocycles. The summed E-state index contributed by atoms with van der Waals surface area (Å²) in [6, 6.07) is 0.757. The van der Waals surface area contributed by atoms with E-state index in [4.69, 9.17) is 4.74 Å². The summed E-state index contributed by atoms with van der Waals surface area (Å²) in [6.45, 7) is 2.20. The third-order valence-corrected chi connectivity index (χ3v) is 9.39. The van der Waals surface area contributed by atoms with E-state index in [9.17, 15) is 19.8 Å². The molecule has 3 N–H and O–H groups in total. The van der Waals surface area contributed by atoms with Crippen LogP contribution in [0.15, 0.2) is 12.1 Å². The van der Waals surface area contributed by atoms with Gasteiger partial charge in [-0.2, -0.15) is 0 Å². The molecule has 0 radical (unpaired) electrons. The molecule has 1 heterocycles. The summed E-state index contributed by atoms with van der Waals surface area (Å²) in [5, 5.41) is 22.5. The Bertz CT molecular complexity index is 985. The van der Waals surface area contributed by atoms with Gasteiger partial charge in [-0.05, 0) is 86.7 Å². The molecule has 6 fully saturated rings. The highest BCUT2D eigenvalue weighted by Gasteiger charge is 2.51. The standard InChI is InChI=1S/C27H34FNO5/c1-13-22(26(32)33)29-23(24(13)30)25(31)19-7-18(17-2-3-17)21(8-20(19)28)34-12-27-9-14-4-15(10-27)6-16(5-14)11-27/h7-8,13-17,22-24,29-30H,2-6,9-12H2,1H3,(H,32,33). The molecule has 34 heavy (non-hydrogen) atoms. The van der Waals surface area contributed by atoms with Gasteiger partial charge in [-0.15, -0.1) is 0 Å². The fraction of sp³-hybridized carbons (Fsp3) is 0.704. The lowest BCUT2D eigenvalue weighted by molar-refractivity contribution is -0.140. The Hall–Kier alpha value is -1.99. The predicted octanol–water partition coefficient (Wildman–Crippen LogP) is 3.90. The van der Waals surface area contributed by atoms with E-state index in [0.29, 0.717) is 12.4 Å². The molecule has 6 nitrogen and oxygen atoms in total. The van der Waals surface area contributed by atoms with Gasteiger partial charge in [-0.1, -0.05) is 6.92 Å². The smallest absolute Gasteiger partial charge is 0.321 e. The predicted molar refractivity (Wildman–Crippen MR) is 122 cm³/mol. The number of halogens is 1. The van der Waals surface area contributed by atoms with Gasteiger partial charge in [0.2, 0.25) is 0 Å². The van der Waals surface area contributed by atoms with Crippen molar-refractivity contribution >= 4 is 11.8 Å². The average Bonchev–Trinajstić information content (AvgIpc) is 3.57. The van der Waals surface area contributed by atoms with Gasteiger partial charge in [0.15, 0.2) is 5.78 Å². The van der Waals surface area contributed by atoms with E-state index in [1.807, 2.05) is 0 Å². The molecule has 184 valence electrons. The second-order valence-electron chi connectivity index (χ2n) is 12.0. The van der Waals surface area contributed by atoms with E-state index in [-0.39, 0.29) is 16.9 Å². The Morgan fingerprint density at radius 2 is 1.71 bits per heavy atom. The molecule has 0 amide bonds. The van der Waals surface area contributed by atoms with Crippen LogP contribution in [0.2, 0.25) is 0 Å². The summed E-state index contributed by atoms with van der Waals surface area (Å²) in [5.41, 5.74) is 0.976. The van der Waals surface area contributed by atoms with E-state index in [0.717, 1.165) is 36.2 Å². The Balaban J connectivity index is 1.23. The van der Waals surface area contributed by atoms with E-state index in [1.165, 1.54) is 44.6 Å². The summed E-state index contributed by atoms with van der Waals surface area (Å²) in [5.74, 6) is 0.195. The van der Waals surface area contributed by atoms with Gasteiger partial charge in [-0.25, -0.2) is 4.39 Å². The topological polar surface area (TPSA) is 95.9 Å². The highest BCUT2D eigenvalue weighted by Crippen LogP contribution is 2.60. The van der Waals surface area contributed by atoms with E-state index >= 15 is 4.39 Å². The summed E-state index contributed by atoms with van der Waals surface area (Å²) in [4.78, 5) is 24.6. The molecule has 1 saturated heterocycles. The zero-order valence-corrected chi connectivity index (χ0v) is 19.6. The molecule has 4 atom stereocenters. The van der Waals surface area contributed by atoms with Gasteiger partial charge in [0.1, 0.15) is 17.6 Å². The molecule has 1 aromatic carbocycles. The number of ether oxygens (including phenoxy) is 1. The first-order valence-corrected chi connectivity index (χ1v) is 12.9. The molecule has 0 aromatic heterocycles. The van der Waals surface area contributed by atoms with Gasteiger partial charge < -0.3 is 14.9 Å². The fourth-order valence-electron chi connectivity index (χ4n) is 7.94. The van der Waals surface area contributed by atoms with Crippen LogP contribution >= 0.6 is 0 Å². The molecule has 6 aliphatic rings. The molecule has 7 heteroatoms. The first-order chi connectivity index (χ1) is 16.2. The van der Waals surface area contributed by atoms with Crippen molar-refractivity contribution in [3.05, 3.63) is 29.1 Å². The van der Waals surface area contributed by atoms with Crippen LogP contribution in [-0.4, -0.2) is 46.8 Å². The number of carbonyl (C=O) groups is 2. The Labute approximate surface area is 199 Å². The van der Waals surface area contributed by atoms with Crippen molar-refractivity contribution in [3.63, 3.8) is 0 Å².